The number of ether oxygens (including phenoxy) is 1. The molecule has 4 heteroatoms. The van der Waals surface area contributed by atoms with Crippen molar-refractivity contribution in [3.05, 3.63) is 54.2 Å². The Labute approximate surface area is 110 Å². The van der Waals surface area contributed by atoms with Crippen molar-refractivity contribution in [2.75, 3.05) is 12.4 Å². The fraction of sp³-hybridized carbons (Fsp3) is 0.143. The highest BCUT2D eigenvalue weighted by atomic mass is 32.2. The predicted molar refractivity (Wildman–Crippen MR) is 71.6 cm³/mol. The molecule has 2 rings (SSSR count). The first-order valence-corrected chi connectivity index (χ1v) is 6.54. The average molecular weight is 256 g/mol. The molecule has 0 saturated heterocycles. The van der Waals surface area contributed by atoms with Gasteiger partial charge < -0.3 is 4.74 Å². The van der Waals surface area contributed by atoms with Gasteiger partial charge in [-0.25, -0.2) is 4.98 Å². The number of hydrogen-bond donors (Lipinski definition) is 0. The maximum absolute atomic E-state index is 8.67. The average Bonchev–Trinajstić information content (AvgIpc) is 2.45. The van der Waals surface area contributed by atoms with Crippen LogP contribution in [0.3, 0.4) is 0 Å². The van der Waals surface area contributed by atoms with E-state index in [9.17, 15) is 0 Å². The minimum atomic E-state index is 0.618. The van der Waals surface area contributed by atoms with Gasteiger partial charge in [0.2, 0.25) is 0 Å². The van der Waals surface area contributed by atoms with E-state index in [1.165, 1.54) is 0 Å². The molecule has 0 saturated carbocycles. The Morgan fingerprint density at radius 2 is 2.00 bits per heavy atom. The Kier molecular flexibility index (Phi) is 4.62. The molecule has 0 N–H and O–H groups in total. The summed E-state index contributed by atoms with van der Waals surface area (Å²) in [7, 11) is 0. The number of aromatic nitrogens is 1. The Morgan fingerprint density at radius 1 is 1.17 bits per heavy atom. The lowest BCUT2D eigenvalue weighted by Gasteiger charge is -2.05. The molecule has 0 aliphatic rings. The zero-order valence-electron chi connectivity index (χ0n) is 9.74. The molecule has 90 valence electrons. The van der Waals surface area contributed by atoms with E-state index in [0.29, 0.717) is 12.2 Å². The lowest BCUT2D eigenvalue weighted by Crippen LogP contribution is -2.00. The van der Waals surface area contributed by atoms with Crippen LogP contribution in [0.15, 0.2) is 53.7 Å². The van der Waals surface area contributed by atoms with Crippen molar-refractivity contribution < 1.29 is 4.74 Å². The van der Waals surface area contributed by atoms with E-state index in [2.05, 4.69) is 11.1 Å². The fourth-order valence-electron chi connectivity index (χ4n) is 1.36. The summed E-state index contributed by atoms with van der Waals surface area (Å²) >= 11 is 1.66. The van der Waals surface area contributed by atoms with Crippen LogP contribution < -0.4 is 4.74 Å². The maximum atomic E-state index is 8.67. The van der Waals surface area contributed by atoms with Crippen molar-refractivity contribution in [3.63, 3.8) is 0 Å². The van der Waals surface area contributed by atoms with E-state index in [0.717, 1.165) is 16.5 Å². The molecule has 18 heavy (non-hydrogen) atoms. The number of pyridine rings is 1. The van der Waals surface area contributed by atoms with E-state index in [-0.39, 0.29) is 0 Å². The second kappa shape index (κ2) is 6.67. The van der Waals surface area contributed by atoms with Gasteiger partial charge in [0.1, 0.15) is 5.75 Å². The van der Waals surface area contributed by atoms with Crippen molar-refractivity contribution in [2.45, 2.75) is 5.03 Å². The molecule has 1 aromatic heterocycles. The summed E-state index contributed by atoms with van der Waals surface area (Å²) in [4.78, 5) is 4.22. The van der Waals surface area contributed by atoms with Crippen molar-refractivity contribution in [1.82, 2.24) is 4.98 Å². The first-order chi connectivity index (χ1) is 8.88. The lowest BCUT2D eigenvalue weighted by molar-refractivity contribution is 0.344. The molecular weight excluding hydrogens is 244 g/mol. The third-order valence-electron chi connectivity index (χ3n) is 2.22. The van der Waals surface area contributed by atoms with Gasteiger partial charge >= 0.3 is 0 Å². The van der Waals surface area contributed by atoms with E-state index < -0.39 is 0 Å². The summed E-state index contributed by atoms with van der Waals surface area (Å²) in [5.41, 5.74) is 0.644. The molecule has 0 atom stereocenters. The molecular formula is C14H12N2OS. The van der Waals surface area contributed by atoms with E-state index in [4.69, 9.17) is 10.00 Å². The van der Waals surface area contributed by atoms with Crippen LogP contribution in [0.4, 0.5) is 0 Å². The highest BCUT2D eigenvalue weighted by molar-refractivity contribution is 7.99. The second-order valence-electron chi connectivity index (χ2n) is 3.50. The Bertz CT molecular complexity index is 520. The minimum Gasteiger partial charge on any atom is -0.493 e. The van der Waals surface area contributed by atoms with E-state index in [1.54, 1.807) is 30.1 Å². The topological polar surface area (TPSA) is 45.9 Å². The third kappa shape index (κ3) is 3.79. The van der Waals surface area contributed by atoms with Gasteiger partial charge in [-0.15, -0.1) is 11.8 Å². The van der Waals surface area contributed by atoms with Gasteiger partial charge in [0.15, 0.2) is 0 Å². The SMILES string of the molecule is N#Cc1ccc(OCCSc2ccccn2)cc1. The molecule has 0 spiro atoms. The van der Waals surface area contributed by atoms with Gasteiger partial charge in [-0.3, -0.25) is 0 Å². The van der Waals surface area contributed by atoms with Crippen LogP contribution in [0.5, 0.6) is 5.75 Å². The van der Waals surface area contributed by atoms with Crippen LogP contribution in [0.1, 0.15) is 5.56 Å². The Balaban J connectivity index is 1.74. The number of rotatable bonds is 5. The molecule has 1 heterocycles. The van der Waals surface area contributed by atoms with Crippen molar-refractivity contribution in [2.24, 2.45) is 0 Å². The monoisotopic (exact) mass is 256 g/mol. The summed E-state index contributed by atoms with van der Waals surface area (Å²) in [6, 6.07) is 15.0. The Morgan fingerprint density at radius 3 is 2.67 bits per heavy atom. The summed E-state index contributed by atoms with van der Waals surface area (Å²) < 4.78 is 5.57. The van der Waals surface area contributed by atoms with Crippen LogP contribution in [-0.2, 0) is 0 Å². The van der Waals surface area contributed by atoms with Crippen LogP contribution in [0.25, 0.3) is 0 Å². The van der Waals surface area contributed by atoms with E-state index in [1.807, 2.05) is 30.3 Å². The van der Waals surface area contributed by atoms with Crippen molar-refractivity contribution in [3.8, 4) is 11.8 Å². The van der Waals surface area contributed by atoms with Crippen LogP contribution in [0.2, 0.25) is 0 Å². The molecule has 0 fully saturated rings. The zero-order valence-corrected chi connectivity index (χ0v) is 10.6. The highest BCUT2D eigenvalue weighted by Gasteiger charge is 1.96. The first-order valence-electron chi connectivity index (χ1n) is 5.55. The molecule has 1 aromatic carbocycles. The summed E-state index contributed by atoms with van der Waals surface area (Å²) in [6.45, 7) is 0.618. The lowest BCUT2D eigenvalue weighted by atomic mass is 10.2. The quantitative estimate of drug-likeness (QED) is 0.609. The maximum Gasteiger partial charge on any atom is 0.119 e. The third-order valence-corrected chi connectivity index (χ3v) is 3.13. The van der Waals surface area contributed by atoms with Crippen molar-refractivity contribution in [1.29, 1.82) is 5.26 Å². The smallest absolute Gasteiger partial charge is 0.119 e. The van der Waals surface area contributed by atoms with Gasteiger partial charge in [-0.05, 0) is 36.4 Å². The number of nitriles is 1. The van der Waals surface area contributed by atoms with E-state index >= 15 is 0 Å². The predicted octanol–water partition coefficient (Wildman–Crippen LogP) is 3.12. The number of thioether (sulfide) groups is 1. The minimum absolute atomic E-state index is 0.618. The summed E-state index contributed by atoms with van der Waals surface area (Å²) in [5, 5.41) is 9.67. The van der Waals surface area contributed by atoms with Gasteiger partial charge in [0.25, 0.3) is 0 Å². The second-order valence-corrected chi connectivity index (χ2v) is 4.62. The van der Waals surface area contributed by atoms with Gasteiger partial charge in [-0.2, -0.15) is 5.26 Å². The first kappa shape index (κ1) is 12.5. The molecule has 0 aliphatic heterocycles. The molecule has 3 nitrogen and oxygen atoms in total. The largest absolute Gasteiger partial charge is 0.493 e. The van der Waals surface area contributed by atoms with Crippen LogP contribution in [0, 0.1) is 11.3 Å². The molecule has 2 aromatic rings. The molecule has 0 aliphatic carbocycles. The summed E-state index contributed by atoms with van der Waals surface area (Å²) in [6.07, 6.45) is 1.78. The molecule has 0 unspecified atom stereocenters. The van der Waals surface area contributed by atoms with Gasteiger partial charge in [0, 0.05) is 11.9 Å². The standard InChI is InChI=1S/C14H12N2OS/c15-11-12-4-6-13(7-5-12)17-9-10-18-14-3-1-2-8-16-14/h1-8H,9-10H2. The Hall–Kier alpha value is -1.99. The number of hydrogen-bond acceptors (Lipinski definition) is 4. The van der Waals surface area contributed by atoms with Gasteiger partial charge in [-0.1, -0.05) is 6.07 Å². The number of benzene rings is 1. The fourth-order valence-corrected chi connectivity index (χ4v) is 2.05. The number of nitrogens with zero attached hydrogens (tertiary/aromatic N) is 2. The van der Waals surface area contributed by atoms with Crippen LogP contribution in [-0.4, -0.2) is 17.3 Å². The molecule has 0 bridgehead atoms. The summed E-state index contributed by atoms with van der Waals surface area (Å²) in [5.74, 6) is 1.63. The van der Waals surface area contributed by atoms with Crippen LogP contribution >= 0.6 is 11.8 Å². The van der Waals surface area contributed by atoms with Crippen molar-refractivity contribution >= 4 is 11.8 Å². The molecule has 0 amide bonds. The molecule has 0 radical (unpaired) electrons. The zero-order chi connectivity index (χ0) is 12.6. The van der Waals surface area contributed by atoms with Gasteiger partial charge in [0.05, 0.1) is 23.3 Å². The normalized spacial score (nSPS) is 9.72. The highest BCUT2D eigenvalue weighted by Crippen LogP contribution is 2.15.